The number of benzene rings is 1. The van der Waals surface area contributed by atoms with Crippen molar-refractivity contribution in [3.63, 3.8) is 0 Å². The van der Waals surface area contributed by atoms with Gasteiger partial charge in [-0.15, -0.1) is 11.3 Å². The van der Waals surface area contributed by atoms with Crippen molar-refractivity contribution in [3.05, 3.63) is 58.4 Å². The van der Waals surface area contributed by atoms with E-state index >= 15 is 0 Å². The Morgan fingerprint density at radius 2 is 2.12 bits per heavy atom. The summed E-state index contributed by atoms with van der Waals surface area (Å²) >= 11 is 1.66. The lowest BCUT2D eigenvalue weighted by molar-refractivity contribution is 0.469. The number of aryl methyl sites for hydroxylation is 1. The Kier molecular flexibility index (Phi) is 5.45. The van der Waals surface area contributed by atoms with Gasteiger partial charge in [0.2, 0.25) is 0 Å². The molecule has 3 rings (SSSR count). The third-order valence-electron chi connectivity index (χ3n) is 3.77. The van der Waals surface area contributed by atoms with Gasteiger partial charge >= 0.3 is 0 Å². The zero-order valence-electron chi connectivity index (χ0n) is 14.7. The molecule has 0 amide bonds. The highest BCUT2D eigenvalue weighted by Crippen LogP contribution is 2.16. The number of imidazole rings is 1. The first-order valence-corrected chi connectivity index (χ1v) is 8.96. The van der Waals surface area contributed by atoms with Crippen molar-refractivity contribution in [2.45, 2.75) is 20.0 Å². The summed E-state index contributed by atoms with van der Waals surface area (Å²) in [5.41, 5.74) is 3.19. The molecule has 0 saturated heterocycles. The van der Waals surface area contributed by atoms with Gasteiger partial charge in [-0.1, -0.05) is 30.3 Å². The van der Waals surface area contributed by atoms with Gasteiger partial charge < -0.3 is 15.2 Å². The van der Waals surface area contributed by atoms with Crippen LogP contribution in [0.1, 0.15) is 16.5 Å². The molecule has 7 heteroatoms. The predicted octanol–water partition coefficient (Wildman–Crippen LogP) is 3.05. The number of nitrogens with one attached hydrogen (secondary N) is 2. The Balaban J connectivity index is 1.59. The van der Waals surface area contributed by atoms with E-state index in [1.54, 1.807) is 18.4 Å². The second-order valence-corrected chi connectivity index (χ2v) is 6.79. The molecule has 0 fully saturated rings. The van der Waals surface area contributed by atoms with Gasteiger partial charge in [0.25, 0.3) is 0 Å². The number of guanidine groups is 1. The SMILES string of the molecule is CN=C(NCc1ncc(-c2ccccc2)[nH]1)N(C)Cc1csc(C)n1. The molecule has 6 nitrogen and oxygen atoms in total. The van der Waals surface area contributed by atoms with Crippen LogP contribution in [0, 0.1) is 6.92 Å². The monoisotopic (exact) mass is 354 g/mol. The van der Waals surface area contributed by atoms with Crippen molar-refractivity contribution in [1.29, 1.82) is 0 Å². The Hall–Kier alpha value is -2.67. The average molecular weight is 354 g/mol. The lowest BCUT2D eigenvalue weighted by Gasteiger charge is -2.20. The molecule has 0 aliphatic heterocycles. The van der Waals surface area contributed by atoms with Crippen LogP contribution in [0.3, 0.4) is 0 Å². The molecule has 0 aliphatic rings. The number of rotatable bonds is 5. The zero-order chi connectivity index (χ0) is 17.6. The highest BCUT2D eigenvalue weighted by atomic mass is 32.1. The van der Waals surface area contributed by atoms with E-state index in [-0.39, 0.29) is 0 Å². The summed E-state index contributed by atoms with van der Waals surface area (Å²) in [6, 6.07) is 10.2. The highest BCUT2D eigenvalue weighted by Gasteiger charge is 2.10. The van der Waals surface area contributed by atoms with Crippen LogP contribution in [0.25, 0.3) is 11.3 Å². The zero-order valence-corrected chi connectivity index (χ0v) is 15.5. The van der Waals surface area contributed by atoms with E-state index < -0.39 is 0 Å². The number of aromatic nitrogens is 3. The first kappa shape index (κ1) is 17.2. The van der Waals surface area contributed by atoms with Crippen molar-refractivity contribution in [2.24, 2.45) is 4.99 Å². The maximum atomic E-state index is 4.50. The second-order valence-electron chi connectivity index (χ2n) is 5.72. The highest BCUT2D eigenvalue weighted by molar-refractivity contribution is 7.09. The number of H-pyrrole nitrogens is 1. The molecule has 1 aromatic carbocycles. The third-order valence-corrected chi connectivity index (χ3v) is 4.59. The van der Waals surface area contributed by atoms with E-state index in [1.807, 2.05) is 38.4 Å². The van der Waals surface area contributed by atoms with Gasteiger partial charge in [-0.3, -0.25) is 4.99 Å². The fraction of sp³-hybridized carbons (Fsp3) is 0.278. The first-order chi connectivity index (χ1) is 12.2. The fourth-order valence-corrected chi connectivity index (χ4v) is 3.17. The van der Waals surface area contributed by atoms with Crippen LogP contribution in [-0.4, -0.2) is 39.9 Å². The Bertz CT molecular complexity index is 836. The Labute approximate surface area is 151 Å². The molecule has 0 atom stereocenters. The minimum atomic E-state index is 0.583. The molecule has 2 N–H and O–H groups in total. The van der Waals surface area contributed by atoms with Gasteiger partial charge in [-0.25, -0.2) is 9.97 Å². The van der Waals surface area contributed by atoms with Crippen molar-refractivity contribution in [1.82, 2.24) is 25.2 Å². The number of hydrogen-bond donors (Lipinski definition) is 2. The summed E-state index contributed by atoms with van der Waals surface area (Å²) in [5, 5.41) is 6.50. The largest absolute Gasteiger partial charge is 0.349 e. The quantitative estimate of drug-likeness (QED) is 0.546. The molecule has 0 spiro atoms. The topological polar surface area (TPSA) is 69.2 Å². The summed E-state index contributed by atoms with van der Waals surface area (Å²) in [6.45, 7) is 3.32. The minimum Gasteiger partial charge on any atom is -0.349 e. The molecule has 2 aromatic heterocycles. The van der Waals surface area contributed by atoms with E-state index in [1.165, 1.54) is 0 Å². The molecule has 0 unspecified atom stereocenters. The van der Waals surface area contributed by atoms with Crippen LogP contribution in [0.15, 0.2) is 46.9 Å². The molecule has 0 bridgehead atoms. The van der Waals surface area contributed by atoms with E-state index in [0.29, 0.717) is 6.54 Å². The van der Waals surface area contributed by atoms with Crippen molar-refractivity contribution in [3.8, 4) is 11.3 Å². The van der Waals surface area contributed by atoms with Crippen LogP contribution in [0.2, 0.25) is 0 Å². The molecule has 130 valence electrons. The lowest BCUT2D eigenvalue weighted by Crippen LogP contribution is -2.38. The molecule has 0 aliphatic carbocycles. The predicted molar refractivity (Wildman–Crippen MR) is 103 cm³/mol. The van der Waals surface area contributed by atoms with Gasteiger partial charge in [0, 0.05) is 19.5 Å². The van der Waals surface area contributed by atoms with Gasteiger partial charge in [0.05, 0.1) is 35.7 Å². The van der Waals surface area contributed by atoms with Crippen molar-refractivity contribution < 1.29 is 0 Å². The Morgan fingerprint density at radius 1 is 1.32 bits per heavy atom. The van der Waals surface area contributed by atoms with Crippen LogP contribution >= 0.6 is 11.3 Å². The number of thiazole rings is 1. The van der Waals surface area contributed by atoms with Crippen LogP contribution in [-0.2, 0) is 13.1 Å². The van der Waals surface area contributed by atoms with E-state index in [9.17, 15) is 0 Å². The maximum absolute atomic E-state index is 4.50. The van der Waals surface area contributed by atoms with Crippen molar-refractivity contribution >= 4 is 17.3 Å². The average Bonchev–Trinajstić information content (AvgIpc) is 3.25. The molecular weight excluding hydrogens is 332 g/mol. The fourth-order valence-electron chi connectivity index (χ4n) is 2.56. The maximum Gasteiger partial charge on any atom is 0.194 e. The second kappa shape index (κ2) is 7.94. The molecule has 3 aromatic rings. The minimum absolute atomic E-state index is 0.583. The number of hydrogen-bond acceptors (Lipinski definition) is 4. The van der Waals surface area contributed by atoms with Gasteiger partial charge in [0.1, 0.15) is 5.82 Å². The summed E-state index contributed by atoms with van der Waals surface area (Å²) in [6.07, 6.45) is 1.86. The van der Waals surface area contributed by atoms with Gasteiger partial charge in [-0.2, -0.15) is 0 Å². The number of nitrogens with zero attached hydrogens (tertiary/aromatic N) is 4. The summed E-state index contributed by atoms with van der Waals surface area (Å²) < 4.78 is 0. The molecule has 25 heavy (non-hydrogen) atoms. The van der Waals surface area contributed by atoms with E-state index in [4.69, 9.17) is 0 Å². The first-order valence-electron chi connectivity index (χ1n) is 8.08. The third kappa shape index (κ3) is 4.45. The van der Waals surface area contributed by atoms with Gasteiger partial charge in [-0.05, 0) is 12.5 Å². The van der Waals surface area contributed by atoms with Crippen LogP contribution < -0.4 is 5.32 Å². The molecule has 0 saturated carbocycles. The number of aliphatic imine (C=N–C) groups is 1. The lowest BCUT2D eigenvalue weighted by atomic mass is 10.2. The van der Waals surface area contributed by atoms with Gasteiger partial charge in [0.15, 0.2) is 5.96 Å². The van der Waals surface area contributed by atoms with Crippen molar-refractivity contribution in [2.75, 3.05) is 14.1 Å². The van der Waals surface area contributed by atoms with Crippen LogP contribution in [0.5, 0.6) is 0 Å². The van der Waals surface area contributed by atoms with E-state index in [2.05, 4.69) is 47.7 Å². The molecule has 0 radical (unpaired) electrons. The smallest absolute Gasteiger partial charge is 0.194 e. The standard InChI is InChI=1S/C18H22N6S/c1-13-22-15(12-25-13)11-24(3)18(19-2)21-10-17-20-9-16(23-17)14-7-5-4-6-8-14/h4-9,12H,10-11H2,1-3H3,(H,19,21)(H,20,23). The summed E-state index contributed by atoms with van der Waals surface area (Å²) in [7, 11) is 3.78. The van der Waals surface area contributed by atoms with Crippen LogP contribution in [0.4, 0.5) is 0 Å². The normalized spacial score (nSPS) is 11.6. The van der Waals surface area contributed by atoms with E-state index in [0.717, 1.165) is 40.3 Å². The Morgan fingerprint density at radius 3 is 2.80 bits per heavy atom. The summed E-state index contributed by atoms with van der Waals surface area (Å²) in [4.78, 5) is 18.7. The summed E-state index contributed by atoms with van der Waals surface area (Å²) in [5.74, 6) is 1.68. The molecular formula is C18H22N6S. The molecule has 2 heterocycles. The number of aromatic amines is 1.